The average molecular weight is 215 g/mol. The van der Waals surface area contributed by atoms with Crippen LogP contribution in [0.4, 0.5) is 0 Å². The molecule has 0 heterocycles. The summed E-state index contributed by atoms with van der Waals surface area (Å²) in [6.45, 7) is 7.05. The topological polar surface area (TPSA) is 0 Å². The van der Waals surface area contributed by atoms with Crippen LogP contribution in [-0.4, -0.2) is 5.88 Å². The van der Waals surface area contributed by atoms with Crippen molar-refractivity contribution in [3.8, 4) is 0 Å². The highest BCUT2D eigenvalue weighted by Gasteiger charge is 2.24. The minimum Gasteiger partial charge on any atom is -0.126 e. The zero-order chi connectivity index (χ0) is 10.6. The minimum atomic E-state index is 0.759. The van der Waals surface area contributed by atoms with Gasteiger partial charge in [-0.15, -0.1) is 11.6 Å². The van der Waals surface area contributed by atoms with Crippen LogP contribution < -0.4 is 0 Å². The second-order valence-corrected chi connectivity index (χ2v) is 5.42. The number of halogens is 1. The van der Waals surface area contributed by atoms with Crippen LogP contribution in [0.1, 0.15) is 46.5 Å². The third-order valence-electron chi connectivity index (χ3n) is 3.40. The van der Waals surface area contributed by atoms with Crippen molar-refractivity contribution in [1.29, 1.82) is 0 Å². The van der Waals surface area contributed by atoms with Crippen molar-refractivity contribution in [1.82, 2.24) is 0 Å². The van der Waals surface area contributed by atoms with Gasteiger partial charge in [0, 0.05) is 5.88 Å². The fraction of sp³-hybridized carbons (Fsp3) is 0.846. The van der Waals surface area contributed by atoms with Crippen molar-refractivity contribution >= 4 is 11.6 Å². The SMILES string of the molecule is CC(=CCCCl)C1CC(C)CC(C)C1. The molecule has 1 heteroatoms. The van der Waals surface area contributed by atoms with Gasteiger partial charge in [-0.25, -0.2) is 0 Å². The lowest BCUT2D eigenvalue weighted by atomic mass is 9.74. The number of rotatable bonds is 3. The molecule has 0 aliphatic heterocycles. The molecule has 0 N–H and O–H groups in total. The van der Waals surface area contributed by atoms with Gasteiger partial charge in [0.05, 0.1) is 0 Å². The molecule has 0 bridgehead atoms. The van der Waals surface area contributed by atoms with Crippen LogP contribution >= 0.6 is 11.6 Å². The highest BCUT2D eigenvalue weighted by molar-refractivity contribution is 6.17. The first-order valence-electron chi connectivity index (χ1n) is 5.86. The normalized spacial score (nSPS) is 34.6. The predicted octanol–water partition coefficient (Wildman–Crippen LogP) is 4.63. The maximum absolute atomic E-state index is 5.70. The molecular weight excluding hydrogens is 192 g/mol. The number of hydrogen-bond donors (Lipinski definition) is 0. The smallest absolute Gasteiger partial charge is 0.0258 e. The summed E-state index contributed by atoms with van der Waals surface area (Å²) in [7, 11) is 0. The molecule has 0 saturated heterocycles. The van der Waals surface area contributed by atoms with Gasteiger partial charge in [0.15, 0.2) is 0 Å². The van der Waals surface area contributed by atoms with Gasteiger partial charge in [0.2, 0.25) is 0 Å². The lowest BCUT2D eigenvalue weighted by Gasteiger charge is -2.32. The second kappa shape index (κ2) is 5.80. The lowest BCUT2D eigenvalue weighted by molar-refractivity contribution is 0.243. The molecule has 0 aromatic carbocycles. The number of alkyl halides is 1. The van der Waals surface area contributed by atoms with Crippen LogP contribution in [0, 0.1) is 17.8 Å². The molecule has 0 amide bonds. The second-order valence-electron chi connectivity index (χ2n) is 5.04. The lowest BCUT2D eigenvalue weighted by Crippen LogP contribution is -2.20. The van der Waals surface area contributed by atoms with E-state index < -0.39 is 0 Å². The van der Waals surface area contributed by atoms with Crippen molar-refractivity contribution in [2.45, 2.75) is 46.5 Å². The Morgan fingerprint density at radius 2 is 1.79 bits per heavy atom. The summed E-state index contributed by atoms with van der Waals surface area (Å²) in [5, 5.41) is 0. The minimum absolute atomic E-state index is 0.759. The van der Waals surface area contributed by atoms with E-state index in [1.807, 2.05) is 0 Å². The van der Waals surface area contributed by atoms with E-state index in [4.69, 9.17) is 11.6 Å². The van der Waals surface area contributed by atoms with Crippen LogP contribution in [0.15, 0.2) is 11.6 Å². The highest BCUT2D eigenvalue weighted by Crippen LogP contribution is 2.36. The van der Waals surface area contributed by atoms with Crippen molar-refractivity contribution < 1.29 is 0 Å². The van der Waals surface area contributed by atoms with E-state index in [2.05, 4.69) is 26.8 Å². The van der Waals surface area contributed by atoms with Gasteiger partial charge in [-0.05, 0) is 50.4 Å². The zero-order valence-corrected chi connectivity index (χ0v) is 10.5. The van der Waals surface area contributed by atoms with E-state index in [1.165, 1.54) is 19.3 Å². The first kappa shape index (κ1) is 12.1. The molecule has 0 radical (unpaired) electrons. The average Bonchev–Trinajstić information content (AvgIpc) is 2.12. The van der Waals surface area contributed by atoms with E-state index in [-0.39, 0.29) is 0 Å². The summed E-state index contributed by atoms with van der Waals surface area (Å²) in [5.74, 6) is 3.40. The number of hydrogen-bond acceptors (Lipinski definition) is 0. The van der Waals surface area contributed by atoms with E-state index >= 15 is 0 Å². The third kappa shape index (κ3) is 3.65. The van der Waals surface area contributed by atoms with Gasteiger partial charge in [-0.3, -0.25) is 0 Å². The number of allylic oxidation sites excluding steroid dienone is 2. The van der Waals surface area contributed by atoms with E-state index in [9.17, 15) is 0 Å². The maximum atomic E-state index is 5.70. The Morgan fingerprint density at radius 1 is 1.21 bits per heavy atom. The first-order chi connectivity index (χ1) is 6.63. The fourth-order valence-corrected chi connectivity index (χ4v) is 2.88. The summed E-state index contributed by atoms with van der Waals surface area (Å²) in [6.07, 6.45) is 7.55. The zero-order valence-electron chi connectivity index (χ0n) is 9.72. The maximum Gasteiger partial charge on any atom is 0.0258 e. The Hall–Kier alpha value is 0.0300. The van der Waals surface area contributed by atoms with Gasteiger partial charge < -0.3 is 0 Å². The monoisotopic (exact) mass is 214 g/mol. The van der Waals surface area contributed by atoms with Crippen LogP contribution in [0.5, 0.6) is 0 Å². The Labute approximate surface area is 93.7 Å². The molecule has 2 unspecified atom stereocenters. The first-order valence-corrected chi connectivity index (χ1v) is 6.39. The largest absolute Gasteiger partial charge is 0.126 e. The molecule has 2 atom stereocenters. The van der Waals surface area contributed by atoms with Crippen LogP contribution in [0.2, 0.25) is 0 Å². The molecular formula is C13H23Cl. The summed E-state index contributed by atoms with van der Waals surface area (Å²) in [4.78, 5) is 0. The van der Waals surface area contributed by atoms with Crippen LogP contribution in [0.3, 0.4) is 0 Å². The summed E-state index contributed by atoms with van der Waals surface area (Å²) >= 11 is 5.70. The molecule has 82 valence electrons. The Bertz CT molecular complexity index is 185. The molecule has 1 fully saturated rings. The summed E-state index contributed by atoms with van der Waals surface area (Å²) in [6, 6.07) is 0. The third-order valence-corrected chi connectivity index (χ3v) is 3.62. The van der Waals surface area contributed by atoms with Gasteiger partial charge >= 0.3 is 0 Å². The van der Waals surface area contributed by atoms with Crippen LogP contribution in [0.25, 0.3) is 0 Å². The molecule has 1 saturated carbocycles. The highest BCUT2D eigenvalue weighted by atomic mass is 35.5. The molecule has 0 aromatic heterocycles. The van der Waals surface area contributed by atoms with E-state index in [1.54, 1.807) is 5.57 Å². The Balaban J connectivity index is 2.50. The van der Waals surface area contributed by atoms with Crippen molar-refractivity contribution in [3.63, 3.8) is 0 Å². The Kier molecular flexibility index (Phi) is 5.01. The van der Waals surface area contributed by atoms with Crippen molar-refractivity contribution in [2.75, 3.05) is 5.88 Å². The molecule has 1 aliphatic rings. The van der Waals surface area contributed by atoms with Crippen molar-refractivity contribution in [3.05, 3.63) is 11.6 Å². The van der Waals surface area contributed by atoms with Gasteiger partial charge in [-0.2, -0.15) is 0 Å². The quantitative estimate of drug-likeness (QED) is 0.475. The van der Waals surface area contributed by atoms with Gasteiger partial charge in [-0.1, -0.05) is 25.5 Å². The standard InChI is InChI=1S/C13H23Cl/c1-10-7-11(2)9-13(8-10)12(3)5-4-6-14/h5,10-11,13H,4,6-9H2,1-3H3. The fourth-order valence-electron chi connectivity index (χ4n) is 2.77. The van der Waals surface area contributed by atoms with E-state index in [0.717, 1.165) is 30.1 Å². The molecule has 0 nitrogen and oxygen atoms in total. The molecule has 0 aromatic rings. The molecule has 0 spiro atoms. The molecule has 1 rings (SSSR count). The summed E-state index contributed by atoms with van der Waals surface area (Å²) < 4.78 is 0. The van der Waals surface area contributed by atoms with Crippen LogP contribution in [-0.2, 0) is 0 Å². The molecule has 1 aliphatic carbocycles. The van der Waals surface area contributed by atoms with Gasteiger partial charge in [0.25, 0.3) is 0 Å². The van der Waals surface area contributed by atoms with E-state index in [0.29, 0.717) is 0 Å². The van der Waals surface area contributed by atoms with Crippen molar-refractivity contribution in [2.24, 2.45) is 17.8 Å². The van der Waals surface area contributed by atoms with Gasteiger partial charge in [0.1, 0.15) is 0 Å². The Morgan fingerprint density at radius 3 is 2.29 bits per heavy atom. The summed E-state index contributed by atoms with van der Waals surface area (Å²) in [5.41, 5.74) is 1.57. The predicted molar refractivity (Wildman–Crippen MR) is 64.8 cm³/mol. The molecule has 14 heavy (non-hydrogen) atoms.